The number of rotatable bonds is 3. The molecule has 1 atom stereocenters. The van der Waals surface area contributed by atoms with Gasteiger partial charge in [-0.1, -0.05) is 0 Å². The Hall–Kier alpha value is -0.400. The minimum atomic E-state index is -2.92. The van der Waals surface area contributed by atoms with E-state index in [0.717, 1.165) is 0 Å². The Labute approximate surface area is 95.2 Å². The second-order valence-corrected chi connectivity index (χ2v) is 6.60. The highest BCUT2D eigenvalue weighted by Crippen LogP contribution is 2.22. The minimum Gasteiger partial charge on any atom is -0.395 e. The predicted molar refractivity (Wildman–Crippen MR) is 62.5 cm³/mol. The average Bonchev–Trinajstić information content (AvgIpc) is 2.37. The first-order valence-electron chi connectivity index (χ1n) is 4.74. The van der Waals surface area contributed by atoms with E-state index in [-0.39, 0.29) is 18.1 Å². The van der Waals surface area contributed by atoms with Crippen LogP contribution in [0.5, 0.6) is 0 Å². The Morgan fingerprint density at radius 3 is 2.73 bits per heavy atom. The summed E-state index contributed by atoms with van der Waals surface area (Å²) in [5, 5.41) is 14.7. The van der Waals surface area contributed by atoms with E-state index in [1.165, 1.54) is 0 Å². The van der Waals surface area contributed by atoms with Crippen LogP contribution in [0.4, 0.5) is 0 Å². The Balaban J connectivity index is 2.48. The highest BCUT2D eigenvalue weighted by atomic mass is 32.2. The average molecular weight is 252 g/mol. The lowest BCUT2D eigenvalue weighted by molar-refractivity contribution is 0.299. The van der Waals surface area contributed by atoms with Gasteiger partial charge in [0.05, 0.1) is 23.7 Å². The van der Waals surface area contributed by atoms with Gasteiger partial charge in [0.1, 0.15) is 0 Å². The molecule has 0 radical (unpaired) electrons. The van der Waals surface area contributed by atoms with Crippen LogP contribution in [0.25, 0.3) is 0 Å². The lowest BCUT2D eigenvalue weighted by Gasteiger charge is -2.25. The van der Waals surface area contributed by atoms with E-state index < -0.39 is 15.4 Å². The van der Waals surface area contributed by atoms with Gasteiger partial charge in [-0.05, 0) is 25.6 Å². The van der Waals surface area contributed by atoms with Crippen LogP contribution in [-0.2, 0) is 9.84 Å². The molecule has 0 spiro atoms. The van der Waals surface area contributed by atoms with Gasteiger partial charge in [0, 0.05) is 6.54 Å². The Bertz CT molecular complexity index is 342. The molecule has 1 rings (SSSR count). The third kappa shape index (κ3) is 3.92. The third-order valence-electron chi connectivity index (χ3n) is 2.32. The van der Waals surface area contributed by atoms with E-state index in [1.54, 1.807) is 0 Å². The van der Waals surface area contributed by atoms with Crippen LogP contribution in [0.1, 0.15) is 13.3 Å². The monoisotopic (exact) mass is 252 g/mol. The van der Waals surface area contributed by atoms with Crippen molar-refractivity contribution in [3.8, 4) is 0 Å². The van der Waals surface area contributed by atoms with Crippen molar-refractivity contribution < 1.29 is 13.5 Å². The fourth-order valence-electron chi connectivity index (χ4n) is 1.60. The summed E-state index contributed by atoms with van der Waals surface area (Å²) in [5.74, 6) is 0.320. The molecule has 1 heterocycles. The van der Waals surface area contributed by atoms with Crippen LogP contribution < -0.4 is 10.6 Å². The fraction of sp³-hybridized carbons (Fsp3) is 0.875. The molecule has 15 heavy (non-hydrogen) atoms. The van der Waals surface area contributed by atoms with Crippen molar-refractivity contribution in [1.82, 2.24) is 10.6 Å². The van der Waals surface area contributed by atoms with Crippen LogP contribution in [0, 0.1) is 0 Å². The van der Waals surface area contributed by atoms with Gasteiger partial charge >= 0.3 is 0 Å². The SMILES string of the molecule is C[C@]1(NC(=S)NCCO)CCS(=O)(=O)C1. The van der Waals surface area contributed by atoms with E-state index in [0.29, 0.717) is 18.1 Å². The summed E-state index contributed by atoms with van der Waals surface area (Å²) in [7, 11) is -2.92. The van der Waals surface area contributed by atoms with Gasteiger partial charge in [-0.15, -0.1) is 0 Å². The molecule has 1 fully saturated rings. The molecule has 1 aliphatic rings. The van der Waals surface area contributed by atoms with Crippen LogP contribution >= 0.6 is 12.2 Å². The summed E-state index contributed by atoms with van der Waals surface area (Å²) in [5.41, 5.74) is -0.474. The quantitative estimate of drug-likeness (QED) is 0.560. The zero-order valence-electron chi connectivity index (χ0n) is 8.62. The molecule has 0 bridgehead atoms. The highest BCUT2D eigenvalue weighted by molar-refractivity contribution is 7.91. The van der Waals surface area contributed by atoms with Gasteiger partial charge in [-0.2, -0.15) is 0 Å². The number of aliphatic hydroxyl groups excluding tert-OH is 1. The largest absolute Gasteiger partial charge is 0.395 e. The van der Waals surface area contributed by atoms with E-state index in [4.69, 9.17) is 17.3 Å². The fourth-order valence-corrected chi connectivity index (χ4v) is 4.04. The molecule has 3 N–H and O–H groups in total. The molecule has 0 aliphatic carbocycles. The lowest BCUT2D eigenvalue weighted by atomic mass is 10.0. The van der Waals surface area contributed by atoms with Crippen molar-refractivity contribution in [2.75, 3.05) is 24.7 Å². The molecule has 88 valence electrons. The molecule has 5 nitrogen and oxygen atoms in total. The molecular formula is C8H16N2O3S2. The molecule has 0 amide bonds. The standard InChI is InChI=1S/C8H16N2O3S2/c1-8(2-5-15(12,13)6-8)10-7(14)9-3-4-11/h11H,2-6H2,1H3,(H2,9,10,14)/t8-/m0/s1. The maximum Gasteiger partial charge on any atom is 0.166 e. The van der Waals surface area contributed by atoms with Gasteiger partial charge in [-0.3, -0.25) is 0 Å². The maximum atomic E-state index is 11.3. The van der Waals surface area contributed by atoms with Crippen molar-refractivity contribution in [2.24, 2.45) is 0 Å². The zero-order valence-corrected chi connectivity index (χ0v) is 10.2. The van der Waals surface area contributed by atoms with Crippen LogP contribution in [0.15, 0.2) is 0 Å². The molecule has 7 heteroatoms. The Morgan fingerprint density at radius 2 is 2.27 bits per heavy atom. The first-order valence-corrected chi connectivity index (χ1v) is 6.97. The van der Waals surface area contributed by atoms with Crippen molar-refractivity contribution in [3.05, 3.63) is 0 Å². The molecule has 0 aromatic heterocycles. The third-order valence-corrected chi connectivity index (χ3v) is 4.47. The number of hydrogen-bond donors (Lipinski definition) is 3. The van der Waals surface area contributed by atoms with Gasteiger partial charge in [0.15, 0.2) is 14.9 Å². The van der Waals surface area contributed by atoms with Crippen LogP contribution in [0.3, 0.4) is 0 Å². The zero-order chi connectivity index (χ0) is 11.5. The van der Waals surface area contributed by atoms with E-state index in [2.05, 4.69) is 10.6 Å². The van der Waals surface area contributed by atoms with E-state index in [1.807, 2.05) is 6.92 Å². The first kappa shape index (κ1) is 12.7. The maximum absolute atomic E-state index is 11.3. The molecule has 1 saturated heterocycles. The van der Waals surface area contributed by atoms with E-state index in [9.17, 15) is 8.42 Å². The molecule has 0 unspecified atom stereocenters. The van der Waals surface area contributed by atoms with E-state index >= 15 is 0 Å². The normalized spacial score (nSPS) is 28.7. The van der Waals surface area contributed by atoms with Gasteiger partial charge in [0.25, 0.3) is 0 Å². The van der Waals surface area contributed by atoms with Crippen molar-refractivity contribution in [3.63, 3.8) is 0 Å². The molecule has 0 aromatic rings. The summed E-state index contributed by atoms with van der Waals surface area (Å²) in [6, 6.07) is 0. The molecular weight excluding hydrogens is 236 g/mol. The summed E-state index contributed by atoms with van der Waals surface area (Å²) in [4.78, 5) is 0. The lowest BCUT2D eigenvalue weighted by Crippen LogP contribution is -2.51. The Kier molecular flexibility index (Phi) is 3.91. The second kappa shape index (κ2) is 4.63. The van der Waals surface area contributed by atoms with Crippen molar-refractivity contribution in [2.45, 2.75) is 18.9 Å². The number of thiocarbonyl (C=S) groups is 1. The number of aliphatic hydroxyl groups is 1. The minimum absolute atomic E-state index is 0.00314. The molecule has 0 aromatic carbocycles. The summed E-state index contributed by atoms with van der Waals surface area (Å²) in [6.07, 6.45) is 0.566. The smallest absolute Gasteiger partial charge is 0.166 e. The predicted octanol–water partition coefficient (Wildman–Crippen LogP) is -0.980. The summed E-state index contributed by atoms with van der Waals surface area (Å²) < 4.78 is 22.6. The van der Waals surface area contributed by atoms with Gasteiger partial charge in [0.2, 0.25) is 0 Å². The summed E-state index contributed by atoms with van der Waals surface area (Å²) >= 11 is 4.97. The molecule has 0 saturated carbocycles. The molecule has 1 aliphatic heterocycles. The van der Waals surface area contributed by atoms with Gasteiger partial charge < -0.3 is 15.7 Å². The Morgan fingerprint density at radius 1 is 1.60 bits per heavy atom. The number of nitrogens with one attached hydrogen (secondary N) is 2. The van der Waals surface area contributed by atoms with Gasteiger partial charge in [-0.25, -0.2) is 8.42 Å². The number of hydrogen-bond acceptors (Lipinski definition) is 4. The second-order valence-electron chi connectivity index (χ2n) is 4.01. The highest BCUT2D eigenvalue weighted by Gasteiger charge is 2.38. The number of sulfone groups is 1. The summed E-state index contributed by atoms with van der Waals surface area (Å²) in [6.45, 7) is 2.20. The first-order chi connectivity index (χ1) is 6.87. The van der Waals surface area contributed by atoms with Crippen LogP contribution in [0.2, 0.25) is 0 Å². The topological polar surface area (TPSA) is 78.4 Å². The van der Waals surface area contributed by atoms with Crippen molar-refractivity contribution >= 4 is 27.2 Å². The van der Waals surface area contributed by atoms with Crippen LogP contribution in [-0.4, -0.2) is 48.8 Å². The van der Waals surface area contributed by atoms with Crippen molar-refractivity contribution in [1.29, 1.82) is 0 Å².